The van der Waals surface area contributed by atoms with Crippen molar-refractivity contribution in [2.45, 2.75) is 82.4 Å². The van der Waals surface area contributed by atoms with Gasteiger partial charge >= 0.3 is 0 Å². The van der Waals surface area contributed by atoms with Gasteiger partial charge in [-0.2, -0.15) is 9.29 Å². The maximum Gasteiger partial charge on any atom is 0.295 e. The molecule has 12 nitrogen and oxygen atoms in total. The number of anilines is 1. The summed E-state index contributed by atoms with van der Waals surface area (Å²) in [7, 11) is -4.09. The number of aliphatic hydroxyl groups is 1. The van der Waals surface area contributed by atoms with Crippen molar-refractivity contribution in [2.24, 2.45) is 35.3 Å². The van der Waals surface area contributed by atoms with E-state index in [1.165, 1.54) is 16.4 Å². The van der Waals surface area contributed by atoms with Gasteiger partial charge in [0, 0.05) is 31.1 Å². The van der Waals surface area contributed by atoms with Gasteiger partial charge in [-0.25, -0.2) is 8.42 Å². The highest BCUT2D eigenvalue weighted by atomic mass is 32.2. The summed E-state index contributed by atoms with van der Waals surface area (Å²) >= 11 is 0. The third kappa shape index (κ3) is 6.99. The first-order chi connectivity index (χ1) is 22.7. The van der Waals surface area contributed by atoms with Crippen molar-refractivity contribution in [1.29, 1.82) is 0 Å². The number of oxazole rings is 1. The lowest BCUT2D eigenvalue weighted by atomic mass is 9.74. The van der Waals surface area contributed by atoms with Crippen LogP contribution in [-0.4, -0.2) is 85.0 Å². The summed E-state index contributed by atoms with van der Waals surface area (Å²) in [6.45, 7) is 10.4. The quantitative estimate of drug-likeness (QED) is 0.198. The number of sulfonamides is 1. The summed E-state index contributed by atoms with van der Waals surface area (Å²) in [5.41, 5.74) is 7.39. The van der Waals surface area contributed by atoms with Crippen LogP contribution in [0.25, 0.3) is 11.1 Å². The summed E-state index contributed by atoms with van der Waals surface area (Å²) < 4.78 is 47.2. The Morgan fingerprint density at radius 2 is 1.81 bits per heavy atom. The highest BCUT2D eigenvalue weighted by molar-refractivity contribution is 7.89. The lowest BCUT2D eigenvalue weighted by molar-refractivity contribution is -0.168. The van der Waals surface area contributed by atoms with E-state index in [0.29, 0.717) is 30.3 Å². The lowest BCUT2D eigenvalue weighted by Crippen LogP contribution is -2.63. The Bertz CT molecular complexity index is 1700. The number of nitrogens with zero attached hydrogens (tertiary/aromatic N) is 2. The number of benzene rings is 2. The minimum absolute atomic E-state index is 0.0277. The number of nitrogens with two attached hydrogens (primary N) is 1. The van der Waals surface area contributed by atoms with Gasteiger partial charge in [-0.05, 0) is 75.0 Å². The van der Waals surface area contributed by atoms with Crippen LogP contribution in [0.1, 0.15) is 46.6 Å². The maximum absolute atomic E-state index is 14.2. The molecule has 13 heteroatoms. The van der Waals surface area contributed by atoms with Crippen LogP contribution in [0.15, 0.2) is 57.8 Å². The molecule has 48 heavy (non-hydrogen) atoms. The van der Waals surface area contributed by atoms with Gasteiger partial charge in [0.25, 0.3) is 6.01 Å². The van der Waals surface area contributed by atoms with Crippen molar-refractivity contribution in [2.75, 3.05) is 31.6 Å². The molecule has 5 N–H and O–H groups in total. The topological polar surface area (TPSA) is 169 Å². The molecule has 1 amide bonds. The van der Waals surface area contributed by atoms with Gasteiger partial charge < -0.3 is 35.4 Å². The predicted molar refractivity (Wildman–Crippen MR) is 181 cm³/mol. The summed E-state index contributed by atoms with van der Waals surface area (Å²) in [4.78, 5) is 18.5. The first-order valence-electron chi connectivity index (χ1n) is 17.0. The summed E-state index contributed by atoms with van der Waals surface area (Å²) in [5.74, 6) is -0.0961. The number of aromatic nitrogens is 1. The monoisotopic (exact) mass is 683 g/mol. The fourth-order valence-corrected chi connectivity index (χ4v) is 9.45. The summed E-state index contributed by atoms with van der Waals surface area (Å²) in [6, 6.07) is 13.7. The molecule has 3 aliphatic rings. The largest absolute Gasteiger partial charge is 0.424 e. The van der Waals surface area contributed by atoms with E-state index >= 15 is 0 Å². The number of fused-ring (bicyclic) bond motifs is 2. The molecule has 3 aromatic rings. The molecule has 0 spiro atoms. The Labute approximate surface area is 282 Å². The molecule has 1 aliphatic carbocycles. The number of hydrogen-bond donors (Lipinski definition) is 4. The van der Waals surface area contributed by atoms with Crippen LogP contribution in [0, 0.1) is 29.6 Å². The van der Waals surface area contributed by atoms with Gasteiger partial charge in [0.2, 0.25) is 15.9 Å². The zero-order chi connectivity index (χ0) is 34.4. The SMILES string of the molecule is CC(C)CN(C[C@@H](O)[C@H](Cc1ccccc1)NC(=O)C(C)(N)[C@H]1C2CO[C@H]3OC[C@@H]1C3C2)S(=O)(=O)c1ccc2nc(NC(C)C)oc2c1. The fraction of sp³-hybridized carbons (Fsp3) is 0.600. The van der Waals surface area contributed by atoms with Crippen molar-refractivity contribution < 1.29 is 32.2 Å². The number of hydrogen-bond acceptors (Lipinski definition) is 10. The zero-order valence-electron chi connectivity index (χ0n) is 28.3. The average molecular weight is 684 g/mol. The van der Waals surface area contributed by atoms with Crippen molar-refractivity contribution in [3.63, 3.8) is 0 Å². The van der Waals surface area contributed by atoms with Gasteiger partial charge in [-0.15, -0.1) is 0 Å². The van der Waals surface area contributed by atoms with Gasteiger partial charge in [-0.3, -0.25) is 4.79 Å². The van der Waals surface area contributed by atoms with Crippen LogP contribution in [0.3, 0.4) is 0 Å². The number of rotatable bonds is 14. The Morgan fingerprint density at radius 3 is 2.52 bits per heavy atom. The standard InChI is InChI=1S/C35H49N5O7S/c1-20(2)16-40(48(43,44)24-11-12-27-30(15-24)47-34(39-27)37-21(3)4)17-29(41)28(13-22-9-7-6-8-10-22)38-33(42)35(5,36)31-23-14-25-26(31)19-46-32(25)45-18-23/h6-12,15,20-21,23,25-26,28-29,31-32,41H,13-14,16-19,36H2,1-5H3,(H,37,39)(H,38,42)/t23?,25?,26-,28+,29-,31+,32+,35?/m1/s1. The molecule has 8 atom stereocenters. The van der Waals surface area contributed by atoms with Crippen LogP contribution in [0.2, 0.25) is 0 Å². The third-order valence-corrected chi connectivity index (χ3v) is 11.8. The van der Waals surface area contributed by atoms with E-state index in [9.17, 15) is 18.3 Å². The van der Waals surface area contributed by atoms with Gasteiger partial charge in [0.1, 0.15) is 5.52 Å². The highest BCUT2D eigenvalue weighted by Crippen LogP contribution is 2.54. The molecule has 3 heterocycles. The van der Waals surface area contributed by atoms with E-state index in [-0.39, 0.29) is 72.2 Å². The van der Waals surface area contributed by atoms with Crippen molar-refractivity contribution in [3.05, 3.63) is 54.1 Å². The van der Waals surface area contributed by atoms with Crippen LogP contribution in [0.4, 0.5) is 6.01 Å². The average Bonchev–Trinajstić information content (AvgIpc) is 3.70. The van der Waals surface area contributed by atoms with E-state index in [0.717, 1.165) is 12.0 Å². The highest BCUT2D eigenvalue weighted by Gasteiger charge is 2.60. The Morgan fingerprint density at radius 1 is 1.08 bits per heavy atom. The predicted octanol–water partition coefficient (Wildman–Crippen LogP) is 3.36. The third-order valence-electron chi connectivity index (χ3n) is 10.0. The Balaban J connectivity index is 1.25. The number of amides is 1. The second-order valence-corrected chi connectivity index (χ2v) is 16.6. The van der Waals surface area contributed by atoms with Crippen LogP contribution < -0.4 is 16.4 Å². The minimum atomic E-state index is -4.09. The molecule has 1 aromatic heterocycles. The number of nitrogens with one attached hydrogen (secondary N) is 2. The molecule has 6 rings (SSSR count). The van der Waals surface area contributed by atoms with Gasteiger partial charge in [-0.1, -0.05) is 44.2 Å². The van der Waals surface area contributed by atoms with Crippen molar-refractivity contribution in [3.8, 4) is 0 Å². The van der Waals surface area contributed by atoms with E-state index in [1.807, 2.05) is 58.0 Å². The number of carbonyl (C=O) groups excluding carboxylic acids is 1. The normalized spacial score (nSPS) is 26.2. The van der Waals surface area contributed by atoms with E-state index < -0.39 is 27.7 Å². The zero-order valence-corrected chi connectivity index (χ0v) is 29.2. The fourth-order valence-electron chi connectivity index (χ4n) is 7.82. The van der Waals surface area contributed by atoms with Crippen LogP contribution >= 0.6 is 0 Å². The number of aliphatic hydroxyl groups excluding tert-OH is 1. The van der Waals surface area contributed by atoms with E-state index in [2.05, 4.69) is 15.6 Å². The molecule has 1 saturated carbocycles. The van der Waals surface area contributed by atoms with Gasteiger partial charge in [0.15, 0.2) is 11.9 Å². The second-order valence-electron chi connectivity index (χ2n) is 14.7. The van der Waals surface area contributed by atoms with Gasteiger partial charge in [0.05, 0.1) is 35.8 Å². The van der Waals surface area contributed by atoms with Crippen LogP contribution in [-0.2, 0) is 30.7 Å². The Kier molecular flexibility index (Phi) is 9.91. The first-order valence-corrected chi connectivity index (χ1v) is 18.4. The molecule has 2 aromatic carbocycles. The molecule has 2 bridgehead atoms. The maximum atomic E-state index is 14.2. The minimum Gasteiger partial charge on any atom is -0.424 e. The molecular formula is C35H49N5O7S. The number of ether oxygens (including phenoxy) is 2. The molecule has 3 unspecified atom stereocenters. The molecule has 0 radical (unpaired) electrons. The molecule has 2 aliphatic heterocycles. The van der Waals surface area contributed by atoms with Crippen molar-refractivity contribution >= 4 is 33.0 Å². The van der Waals surface area contributed by atoms with Crippen molar-refractivity contribution in [1.82, 2.24) is 14.6 Å². The lowest BCUT2D eigenvalue weighted by Gasteiger charge is -2.39. The second kappa shape index (κ2) is 13.7. The summed E-state index contributed by atoms with van der Waals surface area (Å²) in [6.07, 6.45) is -0.295. The Hall–Kier alpha value is -3.07. The van der Waals surface area contributed by atoms with E-state index in [4.69, 9.17) is 19.6 Å². The molecule has 3 fully saturated rings. The smallest absolute Gasteiger partial charge is 0.295 e. The molecule has 2 saturated heterocycles. The molecule has 262 valence electrons. The first kappa shape index (κ1) is 34.8. The number of carbonyl (C=O) groups is 1. The summed E-state index contributed by atoms with van der Waals surface area (Å²) in [5, 5.41) is 18.0. The van der Waals surface area contributed by atoms with E-state index in [1.54, 1.807) is 13.0 Å². The molecular weight excluding hydrogens is 634 g/mol. The van der Waals surface area contributed by atoms with Crippen LogP contribution in [0.5, 0.6) is 0 Å².